The largest absolute Gasteiger partial charge is 0.366 e. The van der Waals surface area contributed by atoms with Gasteiger partial charge in [-0.2, -0.15) is 4.31 Å². The molecular weight excluding hydrogens is 294 g/mol. The first kappa shape index (κ1) is 16.9. The molecule has 0 saturated carbocycles. The number of sulfonamides is 1. The molecule has 0 aromatic heterocycles. The summed E-state index contributed by atoms with van der Waals surface area (Å²) in [4.78, 5) is 0.271. The molecule has 20 heavy (non-hydrogen) atoms. The Morgan fingerprint density at radius 2 is 1.90 bits per heavy atom. The van der Waals surface area contributed by atoms with Crippen molar-refractivity contribution in [2.45, 2.75) is 25.7 Å². The zero-order valence-corrected chi connectivity index (χ0v) is 13.9. The monoisotopic (exact) mass is 315 g/mol. The first-order valence-corrected chi connectivity index (χ1v) is 8.31. The van der Waals surface area contributed by atoms with E-state index in [0.29, 0.717) is 23.9 Å². The van der Waals surface area contributed by atoms with Crippen LogP contribution < -0.4 is 10.6 Å². The van der Waals surface area contributed by atoms with Crippen molar-refractivity contribution in [3.8, 4) is 0 Å². The number of hydrogen-bond acceptors (Lipinski definition) is 3. The predicted octanol–water partition coefficient (Wildman–Crippen LogP) is 1.94. The summed E-state index contributed by atoms with van der Waals surface area (Å²) >= 11 is 5.05. The molecule has 0 heterocycles. The van der Waals surface area contributed by atoms with Gasteiger partial charge in [0.25, 0.3) is 0 Å². The molecule has 0 amide bonds. The summed E-state index contributed by atoms with van der Waals surface area (Å²) in [6, 6.07) is 5.01. The van der Waals surface area contributed by atoms with E-state index in [1.54, 1.807) is 25.2 Å². The summed E-state index contributed by atoms with van der Waals surface area (Å²) in [6.07, 6.45) is 0. The minimum atomic E-state index is -3.45. The van der Waals surface area contributed by atoms with Gasteiger partial charge in [0.2, 0.25) is 10.0 Å². The van der Waals surface area contributed by atoms with E-state index in [1.807, 2.05) is 20.8 Å². The fraction of sp³-hybridized carbons (Fsp3) is 0.462. The highest BCUT2D eigenvalue weighted by Gasteiger charge is 2.22. The lowest BCUT2D eigenvalue weighted by molar-refractivity contribution is 0.445. The van der Waals surface area contributed by atoms with Gasteiger partial charge in [-0.05, 0) is 36.8 Å². The van der Waals surface area contributed by atoms with Crippen LogP contribution in [0.15, 0.2) is 23.1 Å². The molecule has 0 aliphatic rings. The topological polar surface area (TPSA) is 61.4 Å². The van der Waals surface area contributed by atoms with Crippen LogP contribution in [-0.2, 0) is 10.0 Å². The number of nitrogens with one attached hydrogen (secondary N) is 2. The van der Waals surface area contributed by atoms with Crippen LogP contribution in [0.5, 0.6) is 0 Å². The minimum Gasteiger partial charge on any atom is -0.366 e. The summed E-state index contributed by atoms with van der Waals surface area (Å²) < 4.78 is 26.4. The van der Waals surface area contributed by atoms with E-state index < -0.39 is 10.0 Å². The fourth-order valence-corrected chi connectivity index (χ4v) is 3.39. The van der Waals surface area contributed by atoms with Crippen molar-refractivity contribution in [2.24, 2.45) is 0 Å². The normalized spacial score (nSPS) is 11.4. The van der Waals surface area contributed by atoms with E-state index in [9.17, 15) is 8.42 Å². The Morgan fingerprint density at radius 3 is 2.40 bits per heavy atom. The Kier molecular flexibility index (Phi) is 5.91. The van der Waals surface area contributed by atoms with Crippen LogP contribution in [-0.4, -0.2) is 38.0 Å². The lowest BCUT2D eigenvalue weighted by atomic mass is 10.2. The maximum absolute atomic E-state index is 12.5. The molecule has 0 aliphatic carbocycles. The second-order valence-electron chi connectivity index (χ2n) is 4.27. The molecular formula is C13H21N3O2S2. The lowest BCUT2D eigenvalue weighted by Crippen LogP contribution is -2.31. The zero-order valence-electron chi connectivity index (χ0n) is 12.2. The van der Waals surface area contributed by atoms with Crippen molar-refractivity contribution in [3.05, 3.63) is 23.8 Å². The number of aryl methyl sites for hydroxylation is 1. The van der Waals surface area contributed by atoms with E-state index in [0.717, 1.165) is 5.56 Å². The van der Waals surface area contributed by atoms with Crippen LogP contribution in [0.25, 0.3) is 0 Å². The van der Waals surface area contributed by atoms with Crippen molar-refractivity contribution in [2.75, 3.05) is 25.5 Å². The molecule has 5 nitrogen and oxygen atoms in total. The van der Waals surface area contributed by atoms with E-state index in [-0.39, 0.29) is 4.90 Å². The number of thiocarbonyl (C=S) groups is 1. The third-order valence-corrected chi connectivity index (χ3v) is 5.38. The number of hydrogen-bond donors (Lipinski definition) is 2. The van der Waals surface area contributed by atoms with Gasteiger partial charge in [0.15, 0.2) is 5.11 Å². The highest BCUT2D eigenvalue weighted by Crippen LogP contribution is 2.22. The highest BCUT2D eigenvalue weighted by atomic mass is 32.2. The number of nitrogens with zero attached hydrogens (tertiary/aromatic N) is 1. The van der Waals surface area contributed by atoms with Crippen molar-refractivity contribution < 1.29 is 8.42 Å². The van der Waals surface area contributed by atoms with Crippen LogP contribution >= 0.6 is 12.2 Å². The average Bonchev–Trinajstić information content (AvgIpc) is 2.41. The van der Waals surface area contributed by atoms with E-state index in [2.05, 4.69) is 10.6 Å². The van der Waals surface area contributed by atoms with Gasteiger partial charge in [0.05, 0.1) is 4.90 Å². The summed E-state index contributed by atoms with van der Waals surface area (Å²) in [5.74, 6) is 0. The molecule has 0 bridgehead atoms. The van der Waals surface area contributed by atoms with Gasteiger partial charge >= 0.3 is 0 Å². The maximum Gasteiger partial charge on any atom is 0.243 e. The zero-order chi connectivity index (χ0) is 15.3. The molecule has 0 fully saturated rings. The van der Waals surface area contributed by atoms with E-state index >= 15 is 0 Å². The number of benzene rings is 1. The Bertz CT molecular complexity index is 581. The number of anilines is 1. The van der Waals surface area contributed by atoms with Gasteiger partial charge < -0.3 is 10.6 Å². The van der Waals surface area contributed by atoms with Gasteiger partial charge in [-0.1, -0.05) is 19.9 Å². The maximum atomic E-state index is 12.5. The van der Waals surface area contributed by atoms with Gasteiger partial charge in [-0.25, -0.2) is 8.42 Å². The van der Waals surface area contributed by atoms with Crippen molar-refractivity contribution >= 4 is 33.0 Å². The quantitative estimate of drug-likeness (QED) is 0.813. The SMILES string of the molecule is CCN(CC)S(=O)(=O)c1ccc(C)c(NC(=S)NC)c1. The molecule has 1 aromatic carbocycles. The summed E-state index contributed by atoms with van der Waals surface area (Å²) in [5, 5.41) is 6.24. The number of rotatable bonds is 5. The Hall–Kier alpha value is -1.18. The lowest BCUT2D eigenvalue weighted by Gasteiger charge is -2.19. The molecule has 1 rings (SSSR count). The van der Waals surface area contributed by atoms with Gasteiger partial charge in [-0.3, -0.25) is 0 Å². The van der Waals surface area contributed by atoms with Crippen LogP contribution in [0.4, 0.5) is 5.69 Å². The Balaban J connectivity index is 3.21. The second kappa shape index (κ2) is 7.01. The van der Waals surface area contributed by atoms with Crippen molar-refractivity contribution in [1.82, 2.24) is 9.62 Å². The molecule has 1 aromatic rings. The van der Waals surface area contributed by atoms with Crippen molar-refractivity contribution in [1.29, 1.82) is 0 Å². The average molecular weight is 315 g/mol. The molecule has 7 heteroatoms. The smallest absolute Gasteiger partial charge is 0.243 e. The molecule has 2 N–H and O–H groups in total. The van der Waals surface area contributed by atoms with Gasteiger partial charge in [0.1, 0.15) is 0 Å². The van der Waals surface area contributed by atoms with E-state index in [4.69, 9.17) is 12.2 Å². The predicted molar refractivity (Wildman–Crippen MR) is 86.6 cm³/mol. The molecule has 0 spiro atoms. The van der Waals surface area contributed by atoms with Crippen LogP contribution in [0.3, 0.4) is 0 Å². The Labute approximate surface area is 126 Å². The van der Waals surface area contributed by atoms with Gasteiger partial charge in [-0.15, -0.1) is 0 Å². The highest BCUT2D eigenvalue weighted by molar-refractivity contribution is 7.89. The van der Waals surface area contributed by atoms with Crippen LogP contribution in [0.2, 0.25) is 0 Å². The van der Waals surface area contributed by atoms with Gasteiger partial charge in [0, 0.05) is 25.8 Å². The first-order valence-electron chi connectivity index (χ1n) is 6.46. The molecule has 0 radical (unpaired) electrons. The van der Waals surface area contributed by atoms with Crippen LogP contribution in [0, 0.1) is 6.92 Å². The van der Waals surface area contributed by atoms with Crippen LogP contribution in [0.1, 0.15) is 19.4 Å². The molecule has 0 unspecified atom stereocenters. The van der Waals surface area contributed by atoms with Crippen molar-refractivity contribution in [3.63, 3.8) is 0 Å². The second-order valence-corrected chi connectivity index (χ2v) is 6.62. The first-order chi connectivity index (χ1) is 9.36. The molecule has 0 atom stereocenters. The fourth-order valence-electron chi connectivity index (χ4n) is 1.79. The standard InChI is InChI=1S/C13H21N3O2S2/c1-5-16(6-2)20(17,18)11-8-7-10(3)12(9-11)15-13(19)14-4/h7-9H,5-6H2,1-4H3,(H2,14,15,19). The summed E-state index contributed by atoms with van der Waals surface area (Å²) in [5.41, 5.74) is 1.62. The minimum absolute atomic E-state index is 0.271. The van der Waals surface area contributed by atoms with E-state index in [1.165, 1.54) is 4.31 Å². The molecule has 0 saturated heterocycles. The third-order valence-electron chi connectivity index (χ3n) is 3.03. The summed E-state index contributed by atoms with van der Waals surface area (Å²) in [6.45, 7) is 6.44. The third kappa shape index (κ3) is 3.68. The Morgan fingerprint density at radius 1 is 1.30 bits per heavy atom. The summed E-state index contributed by atoms with van der Waals surface area (Å²) in [7, 11) is -1.74. The molecule has 0 aliphatic heterocycles. The molecule has 112 valence electrons.